The summed E-state index contributed by atoms with van der Waals surface area (Å²) < 4.78 is 40.9. The van der Waals surface area contributed by atoms with Crippen molar-refractivity contribution in [3.05, 3.63) is 114 Å². The van der Waals surface area contributed by atoms with Crippen LogP contribution >= 0.6 is 63.7 Å². The molecule has 9 heteroatoms. The number of hydrogen-bond donors (Lipinski definition) is 0. The van der Waals surface area contributed by atoms with Crippen molar-refractivity contribution in [2.45, 2.75) is 23.0 Å². The minimum absolute atomic E-state index is 0.125. The molecule has 0 heterocycles. The SMILES string of the molecule is O=S(=O)(c1cc(Br)c(OCc2ccccc2)c(Br)c1)c1cc(Br)c(OCc2ccccc2)c(Br)c1. The zero-order valence-corrected chi connectivity index (χ0v) is 25.2. The molecule has 0 fully saturated rings. The van der Waals surface area contributed by atoms with Crippen LogP contribution in [0.3, 0.4) is 0 Å². The van der Waals surface area contributed by atoms with Crippen molar-refractivity contribution in [3.63, 3.8) is 0 Å². The molecule has 0 amide bonds. The van der Waals surface area contributed by atoms with Crippen LogP contribution in [0.2, 0.25) is 0 Å². The van der Waals surface area contributed by atoms with E-state index < -0.39 is 9.84 Å². The molecule has 4 aromatic carbocycles. The second kappa shape index (κ2) is 11.6. The maximum absolute atomic E-state index is 13.5. The highest BCUT2D eigenvalue weighted by Gasteiger charge is 2.24. The lowest BCUT2D eigenvalue weighted by molar-refractivity contribution is 0.302. The monoisotopic (exact) mass is 742 g/mol. The van der Waals surface area contributed by atoms with Gasteiger partial charge in [-0.2, -0.15) is 0 Å². The predicted molar refractivity (Wildman–Crippen MR) is 151 cm³/mol. The Morgan fingerprint density at radius 1 is 0.543 bits per heavy atom. The molecule has 0 radical (unpaired) electrons. The van der Waals surface area contributed by atoms with Gasteiger partial charge in [0.05, 0.1) is 27.7 Å². The molecule has 0 saturated carbocycles. The number of halogens is 4. The van der Waals surface area contributed by atoms with Gasteiger partial charge in [0.15, 0.2) is 0 Å². The summed E-state index contributed by atoms with van der Waals surface area (Å²) in [6, 6.07) is 25.6. The van der Waals surface area contributed by atoms with E-state index in [2.05, 4.69) is 63.7 Å². The summed E-state index contributed by atoms with van der Waals surface area (Å²) in [5, 5.41) is 0. The van der Waals surface area contributed by atoms with Gasteiger partial charge >= 0.3 is 0 Å². The first-order valence-corrected chi connectivity index (χ1v) is 15.0. The second-order valence-electron chi connectivity index (χ2n) is 7.48. The van der Waals surface area contributed by atoms with Crippen LogP contribution in [-0.4, -0.2) is 8.42 Å². The fourth-order valence-corrected chi connectivity index (χ4v) is 8.06. The van der Waals surface area contributed by atoms with Crippen LogP contribution in [0.1, 0.15) is 11.1 Å². The van der Waals surface area contributed by atoms with Gasteiger partial charge in [-0.25, -0.2) is 8.42 Å². The van der Waals surface area contributed by atoms with E-state index in [0.717, 1.165) is 11.1 Å². The number of benzene rings is 4. The fourth-order valence-electron chi connectivity index (χ4n) is 3.25. The van der Waals surface area contributed by atoms with Gasteiger partial charge in [-0.15, -0.1) is 0 Å². The van der Waals surface area contributed by atoms with E-state index in [-0.39, 0.29) is 9.79 Å². The zero-order chi connectivity index (χ0) is 25.0. The first-order valence-electron chi connectivity index (χ1n) is 10.3. The lowest BCUT2D eigenvalue weighted by atomic mass is 10.2. The maximum atomic E-state index is 13.5. The topological polar surface area (TPSA) is 52.6 Å². The molecule has 0 N–H and O–H groups in total. The van der Waals surface area contributed by atoms with Crippen molar-refractivity contribution >= 4 is 73.6 Å². The summed E-state index contributed by atoms with van der Waals surface area (Å²) in [7, 11) is -3.83. The molecule has 0 spiro atoms. The molecule has 0 saturated heterocycles. The van der Waals surface area contributed by atoms with Crippen molar-refractivity contribution < 1.29 is 17.9 Å². The van der Waals surface area contributed by atoms with Crippen molar-refractivity contribution in [1.29, 1.82) is 0 Å². The first-order chi connectivity index (χ1) is 16.8. The summed E-state index contributed by atoms with van der Waals surface area (Å²) in [4.78, 5) is 0.250. The van der Waals surface area contributed by atoms with Crippen LogP contribution < -0.4 is 9.47 Å². The van der Waals surface area contributed by atoms with Crippen molar-refractivity contribution in [2.24, 2.45) is 0 Å². The molecular formula is C26H18Br4O4S. The Bertz CT molecular complexity index is 1290. The quantitative estimate of drug-likeness (QED) is 0.181. The molecule has 0 aliphatic rings. The molecule has 0 aliphatic heterocycles. The Labute approximate surface area is 238 Å². The minimum atomic E-state index is -3.83. The lowest BCUT2D eigenvalue weighted by Gasteiger charge is -2.15. The third-order valence-corrected chi connectivity index (χ3v) is 9.08. The largest absolute Gasteiger partial charge is 0.487 e. The third kappa shape index (κ3) is 6.38. The van der Waals surface area contributed by atoms with Crippen LogP contribution in [0, 0.1) is 0 Å². The van der Waals surface area contributed by atoms with Crippen LogP contribution in [0.4, 0.5) is 0 Å². The average Bonchev–Trinajstić information content (AvgIpc) is 2.84. The summed E-state index contributed by atoms with van der Waals surface area (Å²) in [5.74, 6) is 1.06. The molecular weight excluding hydrogens is 728 g/mol. The van der Waals surface area contributed by atoms with Crippen LogP contribution in [-0.2, 0) is 23.1 Å². The van der Waals surface area contributed by atoms with Gasteiger partial charge in [0, 0.05) is 0 Å². The summed E-state index contributed by atoms with van der Waals surface area (Å²) in [6.07, 6.45) is 0. The Morgan fingerprint density at radius 2 is 0.857 bits per heavy atom. The highest BCUT2D eigenvalue weighted by atomic mass is 79.9. The van der Waals surface area contributed by atoms with Gasteiger partial charge in [-0.3, -0.25) is 0 Å². The molecule has 4 rings (SSSR count). The fraction of sp³-hybridized carbons (Fsp3) is 0.0769. The summed E-state index contributed by atoms with van der Waals surface area (Å²) in [5.41, 5.74) is 2.01. The van der Waals surface area contributed by atoms with Gasteiger partial charge in [0.25, 0.3) is 0 Å². The molecule has 180 valence electrons. The van der Waals surface area contributed by atoms with Crippen LogP contribution in [0.25, 0.3) is 0 Å². The van der Waals surface area contributed by atoms with E-state index in [0.29, 0.717) is 42.6 Å². The number of hydrogen-bond acceptors (Lipinski definition) is 4. The van der Waals surface area contributed by atoms with Crippen LogP contribution in [0.15, 0.2) is 113 Å². The predicted octanol–water partition coefficient (Wildman–Crippen LogP) is 8.73. The van der Waals surface area contributed by atoms with Gasteiger partial charge in [0.2, 0.25) is 9.84 Å². The highest BCUT2D eigenvalue weighted by molar-refractivity contribution is 9.11. The number of rotatable bonds is 8. The van der Waals surface area contributed by atoms with Crippen molar-refractivity contribution in [3.8, 4) is 11.5 Å². The first kappa shape index (κ1) is 26.4. The molecule has 35 heavy (non-hydrogen) atoms. The molecule has 0 aromatic heterocycles. The minimum Gasteiger partial charge on any atom is -0.487 e. The van der Waals surface area contributed by atoms with Gasteiger partial charge in [0.1, 0.15) is 24.7 Å². The van der Waals surface area contributed by atoms with E-state index in [1.165, 1.54) is 0 Å². The normalized spacial score (nSPS) is 11.3. The summed E-state index contributed by atoms with van der Waals surface area (Å²) in [6.45, 7) is 0.711. The zero-order valence-electron chi connectivity index (χ0n) is 18.1. The smallest absolute Gasteiger partial charge is 0.206 e. The van der Waals surface area contributed by atoms with Crippen molar-refractivity contribution in [2.75, 3.05) is 0 Å². The number of ether oxygens (including phenoxy) is 2. The molecule has 0 atom stereocenters. The highest BCUT2D eigenvalue weighted by Crippen LogP contribution is 2.41. The third-order valence-electron chi connectivity index (χ3n) is 5.02. The Balaban J connectivity index is 1.58. The maximum Gasteiger partial charge on any atom is 0.206 e. The van der Waals surface area contributed by atoms with E-state index in [1.54, 1.807) is 24.3 Å². The standard InChI is InChI=1S/C26H18Br4O4S/c27-21-11-19(12-22(28)25(21)33-15-17-7-3-1-4-8-17)35(31,32)20-13-23(29)26(24(30)14-20)34-16-18-9-5-2-6-10-18/h1-14H,15-16H2. The Hall–Kier alpha value is -1.65. The number of sulfone groups is 1. The Morgan fingerprint density at radius 3 is 1.17 bits per heavy atom. The Kier molecular flexibility index (Phi) is 8.76. The van der Waals surface area contributed by atoms with E-state index in [1.807, 2.05) is 60.7 Å². The van der Waals surface area contributed by atoms with E-state index in [9.17, 15) is 8.42 Å². The molecule has 4 nitrogen and oxygen atoms in total. The lowest BCUT2D eigenvalue weighted by Crippen LogP contribution is -2.05. The summed E-state index contributed by atoms with van der Waals surface area (Å²) >= 11 is 13.8. The van der Waals surface area contributed by atoms with Gasteiger partial charge in [-0.05, 0) is 99.1 Å². The molecule has 0 aliphatic carbocycles. The van der Waals surface area contributed by atoms with Gasteiger partial charge in [-0.1, -0.05) is 60.7 Å². The van der Waals surface area contributed by atoms with Gasteiger partial charge < -0.3 is 9.47 Å². The molecule has 0 bridgehead atoms. The second-order valence-corrected chi connectivity index (χ2v) is 12.9. The van der Waals surface area contributed by atoms with Crippen LogP contribution in [0.5, 0.6) is 11.5 Å². The molecule has 0 unspecified atom stereocenters. The average molecular weight is 746 g/mol. The molecule has 4 aromatic rings. The van der Waals surface area contributed by atoms with E-state index >= 15 is 0 Å². The van der Waals surface area contributed by atoms with E-state index in [4.69, 9.17) is 9.47 Å². The van der Waals surface area contributed by atoms with Crippen molar-refractivity contribution in [1.82, 2.24) is 0 Å².